The number of nitrogens with zero attached hydrogens (tertiary/aromatic N) is 2. The number of halogens is 1. The Morgan fingerprint density at radius 2 is 2.35 bits per heavy atom. The highest BCUT2D eigenvalue weighted by atomic mass is 32.2. The maximum Gasteiger partial charge on any atom is 0.328 e. The number of thioether (sulfide) groups is 1. The van der Waals surface area contributed by atoms with Crippen molar-refractivity contribution in [3.63, 3.8) is 0 Å². The van der Waals surface area contributed by atoms with E-state index in [0.717, 1.165) is 17.5 Å². The molecule has 0 spiro atoms. The van der Waals surface area contributed by atoms with E-state index in [4.69, 9.17) is 5.11 Å². The molecule has 20 heavy (non-hydrogen) atoms. The van der Waals surface area contributed by atoms with Crippen LogP contribution < -0.4 is 0 Å². The van der Waals surface area contributed by atoms with Crippen LogP contribution in [0.3, 0.4) is 0 Å². The number of aromatic nitrogens is 3. The molecule has 0 bridgehead atoms. The van der Waals surface area contributed by atoms with Crippen LogP contribution in [0.1, 0.15) is 17.0 Å². The predicted molar refractivity (Wildman–Crippen MR) is 73.8 cm³/mol. The van der Waals surface area contributed by atoms with Crippen molar-refractivity contribution in [2.45, 2.75) is 17.8 Å². The van der Waals surface area contributed by atoms with Crippen molar-refractivity contribution < 1.29 is 14.3 Å². The lowest BCUT2D eigenvalue weighted by atomic mass is 10.1. The number of aliphatic carboxylic acids is 1. The zero-order valence-electron chi connectivity index (χ0n) is 10.6. The Morgan fingerprint density at radius 3 is 3.00 bits per heavy atom. The van der Waals surface area contributed by atoms with Gasteiger partial charge >= 0.3 is 5.97 Å². The molecule has 0 amide bonds. The van der Waals surface area contributed by atoms with Gasteiger partial charge < -0.3 is 5.11 Å². The van der Waals surface area contributed by atoms with Gasteiger partial charge in [-0.3, -0.25) is 5.10 Å². The molecule has 1 aromatic carbocycles. The van der Waals surface area contributed by atoms with Crippen molar-refractivity contribution in [2.24, 2.45) is 0 Å². The molecule has 2 N–H and O–H groups in total. The Hall–Kier alpha value is -2.15. The molecule has 0 aliphatic heterocycles. The van der Waals surface area contributed by atoms with Crippen LogP contribution in [0.25, 0.3) is 6.08 Å². The average molecular weight is 293 g/mol. The Kier molecular flexibility index (Phi) is 4.52. The number of benzene rings is 1. The van der Waals surface area contributed by atoms with Crippen LogP contribution >= 0.6 is 11.8 Å². The lowest BCUT2D eigenvalue weighted by Crippen LogP contribution is -1.90. The monoisotopic (exact) mass is 293 g/mol. The topological polar surface area (TPSA) is 78.9 Å². The van der Waals surface area contributed by atoms with Crippen LogP contribution in [-0.4, -0.2) is 26.3 Å². The molecule has 5 nitrogen and oxygen atoms in total. The van der Waals surface area contributed by atoms with Crippen molar-refractivity contribution in [2.75, 3.05) is 0 Å². The van der Waals surface area contributed by atoms with Gasteiger partial charge in [0.15, 0.2) is 0 Å². The van der Waals surface area contributed by atoms with Gasteiger partial charge in [0.05, 0.1) is 0 Å². The Balaban J connectivity index is 2.08. The highest BCUT2D eigenvalue weighted by molar-refractivity contribution is 7.98. The maximum atomic E-state index is 13.5. The number of H-pyrrole nitrogens is 1. The van der Waals surface area contributed by atoms with E-state index in [1.165, 1.54) is 23.9 Å². The zero-order chi connectivity index (χ0) is 14.5. The van der Waals surface area contributed by atoms with Gasteiger partial charge in [0.1, 0.15) is 11.6 Å². The summed E-state index contributed by atoms with van der Waals surface area (Å²) >= 11 is 1.42. The zero-order valence-corrected chi connectivity index (χ0v) is 11.4. The normalized spacial score (nSPS) is 11.1. The van der Waals surface area contributed by atoms with Gasteiger partial charge in [-0.2, -0.15) is 0 Å². The van der Waals surface area contributed by atoms with Crippen molar-refractivity contribution in [3.8, 4) is 0 Å². The quantitative estimate of drug-likeness (QED) is 0.654. The van der Waals surface area contributed by atoms with Gasteiger partial charge in [-0.05, 0) is 30.7 Å². The van der Waals surface area contributed by atoms with E-state index in [0.29, 0.717) is 10.9 Å². The van der Waals surface area contributed by atoms with Gasteiger partial charge in [-0.25, -0.2) is 14.2 Å². The third-order valence-electron chi connectivity index (χ3n) is 2.41. The second kappa shape index (κ2) is 6.33. The highest BCUT2D eigenvalue weighted by Gasteiger charge is 2.05. The summed E-state index contributed by atoms with van der Waals surface area (Å²) in [6.45, 7) is 1.81. The number of nitrogens with one attached hydrogen (secondary N) is 1. The highest BCUT2D eigenvalue weighted by Crippen LogP contribution is 2.21. The Bertz CT molecular complexity index is 655. The second-order valence-electron chi connectivity index (χ2n) is 4.02. The molecule has 1 aromatic heterocycles. The van der Waals surface area contributed by atoms with Crippen molar-refractivity contribution in [1.82, 2.24) is 15.2 Å². The number of carboxylic acids is 1. The second-order valence-corrected chi connectivity index (χ2v) is 4.96. The van der Waals surface area contributed by atoms with Gasteiger partial charge in [-0.15, -0.1) is 5.10 Å². The number of hydrogen-bond acceptors (Lipinski definition) is 4. The van der Waals surface area contributed by atoms with Crippen LogP contribution in [0.15, 0.2) is 29.4 Å². The fraction of sp³-hybridized carbons (Fsp3) is 0.154. The molecule has 7 heteroatoms. The minimum atomic E-state index is -1.11. The number of rotatable bonds is 5. The molecule has 2 rings (SSSR count). The number of hydrogen-bond donors (Lipinski definition) is 2. The van der Waals surface area contributed by atoms with E-state index in [9.17, 15) is 9.18 Å². The van der Waals surface area contributed by atoms with Gasteiger partial charge in [0.2, 0.25) is 5.16 Å². The summed E-state index contributed by atoms with van der Waals surface area (Å²) in [5.74, 6) is -0.257. The maximum absolute atomic E-state index is 13.5. The van der Waals surface area contributed by atoms with E-state index >= 15 is 0 Å². The lowest BCUT2D eigenvalue weighted by molar-refractivity contribution is -0.131. The standard InChI is InChI=1S/C13H12FN3O2S/c1-8-15-13(17-16-8)20-7-9-2-4-11(14)10(6-9)3-5-12(18)19/h2-6H,7H2,1H3,(H,18,19)(H,15,16,17). The minimum absolute atomic E-state index is 0.247. The van der Waals surface area contributed by atoms with E-state index in [1.54, 1.807) is 12.1 Å². The summed E-state index contributed by atoms with van der Waals surface area (Å²) in [6.07, 6.45) is 2.15. The van der Waals surface area contributed by atoms with Gasteiger partial charge in [0.25, 0.3) is 0 Å². The fourth-order valence-electron chi connectivity index (χ4n) is 1.51. The number of carbonyl (C=O) groups is 1. The molecule has 0 saturated carbocycles. The van der Waals surface area contributed by atoms with Crippen LogP contribution in [0.5, 0.6) is 0 Å². The van der Waals surface area contributed by atoms with Gasteiger partial charge in [0, 0.05) is 17.4 Å². The summed E-state index contributed by atoms with van der Waals surface area (Å²) in [5, 5.41) is 15.9. The Morgan fingerprint density at radius 1 is 1.55 bits per heavy atom. The molecule has 0 aliphatic carbocycles. The molecule has 2 aromatic rings. The third kappa shape index (κ3) is 3.92. The summed E-state index contributed by atoms with van der Waals surface area (Å²) in [4.78, 5) is 14.6. The van der Waals surface area contributed by atoms with E-state index < -0.39 is 11.8 Å². The SMILES string of the molecule is Cc1nc(SCc2ccc(F)c(C=CC(=O)O)c2)n[nH]1. The molecule has 0 radical (unpaired) electrons. The van der Waals surface area contributed by atoms with E-state index in [-0.39, 0.29) is 5.56 Å². The van der Waals surface area contributed by atoms with E-state index in [1.807, 2.05) is 6.92 Å². The molecular formula is C13H12FN3O2S. The van der Waals surface area contributed by atoms with Crippen LogP contribution in [-0.2, 0) is 10.5 Å². The van der Waals surface area contributed by atoms with Crippen LogP contribution in [0, 0.1) is 12.7 Å². The van der Waals surface area contributed by atoms with Gasteiger partial charge in [-0.1, -0.05) is 17.8 Å². The van der Waals surface area contributed by atoms with E-state index in [2.05, 4.69) is 15.2 Å². The first-order valence-corrected chi connectivity index (χ1v) is 6.74. The molecular weight excluding hydrogens is 281 g/mol. The molecule has 0 atom stereocenters. The first-order chi connectivity index (χ1) is 9.54. The van der Waals surface area contributed by atoms with Crippen LogP contribution in [0.2, 0.25) is 0 Å². The van der Waals surface area contributed by atoms with Crippen LogP contribution in [0.4, 0.5) is 4.39 Å². The smallest absolute Gasteiger partial charge is 0.328 e. The third-order valence-corrected chi connectivity index (χ3v) is 3.33. The first-order valence-electron chi connectivity index (χ1n) is 5.76. The number of carboxylic acid groups (broad SMARTS) is 1. The summed E-state index contributed by atoms with van der Waals surface area (Å²) in [6, 6.07) is 4.59. The minimum Gasteiger partial charge on any atom is -0.478 e. The molecule has 0 aliphatic rings. The first kappa shape index (κ1) is 14.3. The number of aryl methyl sites for hydroxylation is 1. The molecule has 104 valence electrons. The fourth-order valence-corrected chi connectivity index (χ4v) is 2.29. The lowest BCUT2D eigenvalue weighted by Gasteiger charge is -2.02. The molecule has 1 heterocycles. The molecule has 0 saturated heterocycles. The van der Waals surface area contributed by atoms with Crippen molar-refractivity contribution in [1.29, 1.82) is 0 Å². The molecule has 0 unspecified atom stereocenters. The summed E-state index contributed by atoms with van der Waals surface area (Å²) < 4.78 is 13.5. The van der Waals surface area contributed by atoms with Crippen molar-refractivity contribution >= 4 is 23.8 Å². The summed E-state index contributed by atoms with van der Waals surface area (Å²) in [5.41, 5.74) is 1.11. The van der Waals surface area contributed by atoms with Crippen molar-refractivity contribution in [3.05, 3.63) is 47.0 Å². The Labute approximate surface area is 118 Å². The largest absolute Gasteiger partial charge is 0.478 e. The summed E-state index contributed by atoms with van der Waals surface area (Å²) in [7, 11) is 0. The number of aromatic amines is 1. The molecule has 0 fully saturated rings. The predicted octanol–water partition coefficient (Wildman–Crippen LogP) is 2.64. The average Bonchev–Trinajstić information content (AvgIpc) is 2.82.